The summed E-state index contributed by atoms with van der Waals surface area (Å²) < 4.78 is 10.3. The van der Waals surface area contributed by atoms with Gasteiger partial charge in [0.2, 0.25) is 5.91 Å². The lowest BCUT2D eigenvalue weighted by Gasteiger charge is -2.27. The molecule has 3 N–H and O–H groups in total. The van der Waals surface area contributed by atoms with Crippen molar-refractivity contribution in [3.63, 3.8) is 0 Å². The Labute approximate surface area is 97.7 Å². The number of hydrogen-bond acceptors (Lipinski definition) is 4. The molecular weight excluding hydrogens is 208 g/mol. The average Bonchev–Trinajstić information content (AvgIpc) is 2.26. The number of nitrogens with two attached hydrogens (primary N) is 1. The van der Waals surface area contributed by atoms with Crippen molar-refractivity contribution >= 4 is 5.91 Å². The number of amides is 1. The number of carbonyl (C=O) groups is 1. The molecule has 0 aromatic heterocycles. The molecule has 0 aromatic rings. The number of nitrogens with one attached hydrogen (secondary N) is 1. The summed E-state index contributed by atoms with van der Waals surface area (Å²) in [5.41, 5.74) is 4.57. The van der Waals surface area contributed by atoms with Gasteiger partial charge in [-0.05, 0) is 26.3 Å². The highest BCUT2D eigenvalue weighted by atomic mass is 16.5. The lowest BCUT2D eigenvalue weighted by Crippen LogP contribution is -2.56. The lowest BCUT2D eigenvalue weighted by atomic mass is 10.0. The minimum absolute atomic E-state index is 0.298. The fourth-order valence-electron chi connectivity index (χ4n) is 1.19. The third kappa shape index (κ3) is 6.05. The molecule has 5 heteroatoms. The zero-order chi connectivity index (χ0) is 12.4. The second kappa shape index (κ2) is 8.50. The monoisotopic (exact) mass is 232 g/mol. The third-order valence-electron chi connectivity index (χ3n) is 2.34. The first-order chi connectivity index (χ1) is 7.56. The Hall–Kier alpha value is -0.650. The molecule has 0 aliphatic heterocycles. The maximum atomic E-state index is 11.3. The van der Waals surface area contributed by atoms with E-state index in [9.17, 15) is 4.79 Å². The van der Waals surface area contributed by atoms with Crippen molar-refractivity contribution in [3.05, 3.63) is 0 Å². The smallest absolute Gasteiger partial charge is 0.239 e. The highest BCUT2D eigenvalue weighted by Gasteiger charge is 2.30. The van der Waals surface area contributed by atoms with Crippen LogP contribution in [0.2, 0.25) is 0 Å². The van der Waals surface area contributed by atoms with Crippen LogP contribution in [-0.2, 0) is 14.3 Å². The molecule has 1 amide bonds. The van der Waals surface area contributed by atoms with Crippen molar-refractivity contribution in [2.24, 2.45) is 5.73 Å². The fraction of sp³-hybridized carbons (Fsp3) is 0.909. The Bertz CT molecular complexity index is 200. The topological polar surface area (TPSA) is 73.6 Å². The second-order valence-electron chi connectivity index (χ2n) is 4.02. The SMILES string of the molecule is CCCNC(C)(COCCCOC)C(N)=O. The number of rotatable bonds is 10. The van der Waals surface area contributed by atoms with Crippen LogP contribution in [0.4, 0.5) is 0 Å². The van der Waals surface area contributed by atoms with E-state index in [4.69, 9.17) is 15.2 Å². The molecule has 0 aromatic carbocycles. The standard InChI is InChI=1S/C11H24N2O3/c1-4-6-13-11(2,10(12)14)9-16-8-5-7-15-3/h13H,4-9H2,1-3H3,(H2,12,14). The van der Waals surface area contributed by atoms with E-state index in [0.717, 1.165) is 19.4 Å². The first kappa shape index (κ1) is 15.3. The highest BCUT2D eigenvalue weighted by molar-refractivity contribution is 5.84. The van der Waals surface area contributed by atoms with Gasteiger partial charge in [0.15, 0.2) is 0 Å². The van der Waals surface area contributed by atoms with Gasteiger partial charge in [0.25, 0.3) is 0 Å². The largest absolute Gasteiger partial charge is 0.385 e. The molecule has 0 saturated carbocycles. The summed E-state index contributed by atoms with van der Waals surface area (Å²) >= 11 is 0. The van der Waals surface area contributed by atoms with Gasteiger partial charge in [-0.3, -0.25) is 4.79 Å². The van der Waals surface area contributed by atoms with Crippen molar-refractivity contribution in [3.8, 4) is 0 Å². The molecule has 0 aliphatic rings. The Morgan fingerprint density at radius 2 is 2.12 bits per heavy atom. The van der Waals surface area contributed by atoms with Crippen LogP contribution in [0.15, 0.2) is 0 Å². The Kier molecular flexibility index (Phi) is 8.15. The predicted molar refractivity (Wildman–Crippen MR) is 63.2 cm³/mol. The van der Waals surface area contributed by atoms with Gasteiger partial charge in [0.05, 0.1) is 6.61 Å². The zero-order valence-electron chi connectivity index (χ0n) is 10.5. The normalized spacial score (nSPS) is 14.7. The molecular formula is C11H24N2O3. The van der Waals surface area contributed by atoms with E-state index in [2.05, 4.69) is 5.32 Å². The molecule has 16 heavy (non-hydrogen) atoms. The Balaban J connectivity index is 3.88. The Morgan fingerprint density at radius 1 is 1.44 bits per heavy atom. The van der Waals surface area contributed by atoms with E-state index >= 15 is 0 Å². The van der Waals surface area contributed by atoms with Crippen LogP contribution in [0.3, 0.4) is 0 Å². The molecule has 0 saturated heterocycles. The van der Waals surface area contributed by atoms with Gasteiger partial charge in [-0.25, -0.2) is 0 Å². The van der Waals surface area contributed by atoms with Gasteiger partial charge in [0, 0.05) is 20.3 Å². The number of methoxy groups -OCH3 is 1. The molecule has 0 radical (unpaired) electrons. The first-order valence-electron chi connectivity index (χ1n) is 5.68. The van der Waals surface area contributed by atoms with Gasteiger partial charge < -0.3 is 20.5 Å². The molecule has 0 bridgehead atoms. The van der Waals surface area contributed by atoms with Crippen LogP contribution in [-0.4, -0.2) is 44.9 Å². The van der Waals surface area contributed by atoms with E-state index in [1.54, 1.807) is 14.0 Å². The van der Waals surface area contributed by atoms with E-state index in [0.29, 0.717) is 19.8 Å². The maximum absolute atomic E-state index is 11.3. The predicted octanol–water partition coefficient (Wildman–Crippen LogP) is 0.283. The first-order valence-corrected chi connectivity index (χ1v) is 5.68. The molecule has 0 aliphatic carbocycles. The summed E-state index contributed by atoms with van der Waals surface area (Å²) in [6.45, 7) is 6.09. The van der Waals surface area contributed by atoms with Gasteiger partial charge in [-0.15, -0.1) is 0 Å². The molecule has 0 spiro atoms. The molecule has 5 nitrogen and oxygen atoms in total. The summed E-state index contributed by atoms with van der Waals surface area (Å²) in [6, 6.07) is 0. The van der Waals surface area contributed by atoms with Crippen molar-refractivity contribution in [2.75, 3.05) is 33.5 Å². The van der Waals surface area contributed by atoms with E-state index in [1.165, 1.54) is 0 Å². The van der Waals surface area contributed by atoms with Crippen molar-refractivity contribution in [2.45, 2.75) is 32.2 Å². The third-order valence-corrected chi connectivity index (χ3v) is 2.34. The molecule has 0 rings (SSSR count). The molecule has 1 atom stereocenters. The summed E-state index contributed by atoms with van der Waals surface area (Å²) in [6.07, 6.45) is 1.77. The summed E-state index contributed by atoms with van der Waals surface area (Å²) in [5, 5.41) is 3.11. The molecule has 1 unspecified atom stereocenters. The van der Waals surface area contributed by atoms with Crippen molar-refractivity contribution < 1.29 is 14.3 Å². The van der Waals surface area contributed by atoms with Crippen LogP contribution in [0.25, 0.3) is 0 Å². The molecule has 0 fully saturated rings. The van der Waals surface area contributed by atoms with Gasteiger partial charge in [-0.2, -0.15) is 0 Å². The fourth-order valence-corrected chi connectivity index (χ4v) is 1.19. The van der Waals surface area contributed by atoms with Gasteiger partial charge in [0.1, 0.15) is 5.54 Å². The van der Waals surface area contributed by atoms with Crippen LogP contribution >= 0.6 is 0 Å². The van der Waals surface area contributed by atoms with Gasteiger partial charge in [-0.1, -0.05) is 6.92 Å². The van der Waals surface area contributed by atoms with Crippen LogP contribution in [0.5, 0.6) is 0 Å². The number of primary amides is 1. The summed E-state index contributed by atoms with van der Waals surface area (Å²) in [7, 11) is 1.65. The van der Waals surface area contributed by atoms with Crippen LogP contribution in [0, 0.1) is 0 Å². The van der Waals surface area contributed by atoms with Crippen molar-refractivity contribution in [1.29, 1.82) is 0 Å². The second-order valence-corrected chi connectivity index (χ2v) is 4.02. The highest BCUT2D eigenvalue weighted by Crippen LogP contribution is 2.04. The zero-order valence-corrected chi connectivity index (χ0v) is 10.5. The summed E-state index contributed by atoms with van der Waals surface area (Å²) in [5.74, 6) is -0.382. The van der Waals surface area contributed by atoms with Crippen molar-refractivity contribution in [1.82, 2.24) is 5.32 Å². The van der Waals surface area contributed by atoms with Gasteiger partial charge >= 0.3 is 0 Å². The van der Waals surface area contributed by atoms with E-state index in [1.807, 2.05) is 6.92 Å². The maximum Gasteiger partial charge on any atom is 0.239 e. The number of ether oxygens (including phenoxy) is 2. The van der Waals surface area contributed by atoms with E-state index < -0.39 is 5.54 Å². The lowest BCUT2D eigenvalue weighted by molar-refractivity contribution is -0.126. The summed E-state index contributed by atoms with van der Waals surface area (Å²) in [4.78, 5) is 11.3. The quantitative estimate of drug-likeness (QED) is 0.531. The minimum atomic E-state index is -0.775. The Morgan fingerprint density at radius 3 is 2.62 bits per heavy atom. The minimum Gasteiger partial charge on any atom is -0.385 e. The number of carbonyl (C=O) groups excluding carboxylic acids is 1. The van der Waals surface area contributed by atoms with E-state index in [-0.39, 0.29) is 5.91 Å². The number of hydrogen-bond donors (Lipinski definition) is 2. The average molecular weight is 232 g/mol. The molecule has 0 heterocycles. The van der Waals surface area contributed by atoms with Crippen LogP contribution in [0.1, 0.15) is 26.7 Å². The van der Waals surface area contributed by atoms with Crippen LogP contribution < -0.4 is 11.1 Å². The molecule has 96 valence electrons.